The van der Waals surface area contributed by atoms with Crippen LogP contribution in [0.25, 0.3) is 5.65 Å². The van der Waals surface area contributed by atoms with Gasteiger partial charge in [0, 0.05) is 12.3 Å². The number of carbonyl (C=O) groups excluding carboxylic acids is 1. The van der Waals surface area contributed by atoms with Gasteiger partial charge < -0.3 is 14.2 Å². The Morgan fingerprint density at radius 2 is 1.93 bits per heavy atom. The van der Waals surface area contributed by atoms with Gasteiger partial charge in [-0.15, -0.1) is 0 Å². The van der Waals surface area contributed by atoms with E-state index < -0.39 is 18.2 Å². The molecule has 0 radical (unpaired) electrons. The highest BCUT2D eigenvalue weighted by Crippen LogP contribution is 2.33. The molecule has 0 bridgehead atoms. The first-order chi connectivity index (χ1) is 13.0. The van der Waals surface area contributed by atoms with E-state index in [1.54, 1.807) is 37.4 Å². The molecule has 7 heteroatoms. The predicted octanol–water partition coefficient (Wildman–Crippen LogP) is 2.27. The molecule has 2 atom stereocenters. The predicted molar refractivity (Wildman–Crippen MR) is 96.9 cm³/mol. The van der Waals surface area contributed by atoms with Crippen molar-refractivity contribution in [3.63, 3.8) is 0 Å². The first-order valence-corrected chi connectivity index (χ1v) is 8.60. The largest absolute Gasteiger partial charge is 0.482 e. The zero-order valence-corrected chi connectivity index (χ0v) is 14.9. The molecule has 1 aliphatic rings. The number of esters is 1. The van der Waals surface area contributed by atoms with Crippen LogP contribution in [0.3, 0.4) is 0 Å². The van der Waals surface area contributed by atoms with E-state index in [2.05, 4.69) is 4.98 Å². The molecule has 0 saturated heterocycles. The van der Waals surface area contributed by atoms with Gasteiger partial charge in [-0.3, -0.25) is 9.20 Å². The van der Waals surface area contributed by atoms with E-state index in [0.717, 1.165) is 5.56 Å². The van der Waals surface area contributed by atoms with Gasteiger partial charge in [0.15, 0.2) is 11.5 Å². The summed E-state index contributed by atoms with van der Waals surface area (Å²) in [4.78, 5) is 29.1. The van der Waals surface area contributed by atoms with Crippen LogP contribution in [0.5, 0.6) is 11.5 Å². The second-order valence-corrected chi connectivity index (χ2v) is 6.39. The van der Waals surface area contributed by atoms with E-state index in [0.29, 0.717) is 22.8 Å². The lowest BCUT2D eigenvalue weighted by molar-refractivity contribution is -0.159. The number of benzene rings is 1. The molecule has 1 aliphatic heterocycles. The number of aromatic nitrogens is 2. The number of ether oxygens (including phenoxy) is 3. The van der Waals surface area contributed by atoms with Gasteiger partial charge in [0.25, 0.3) is 5.56 Å². The standard InChI is InChI=1S/C20H18N2O5/c1-12-6-5-9-22-17(23)10-14(21-19(12)22)11-25-20(24)18-13(2)26-15-7-3-4-8-16(15)27-18/h3-10,13,18H,11H2,1-2H3. The molecule has 0 amide bonds. The first-order valence-electron chi connectivity index (χ1n) is 8.60. The molecule has 0 fully saturated rings. The lowest BCUT2D eigenvalue weighted by Crippen LogP contribution is -2.44. The molecule has 138 valence electrons. The fourth-order valence-electron chi connectivity index (χ4n) is 2.99. The molecular formula is C20H18N2O5. The van der Waals surface area contributed by atoms with Crippen LogP contribution < -0.4 is 15.0 Å². The molecule has 7 nitrogen and oxygen atoms in total. The normalized spacial score (nSPS) is 18.3. The number of hydrogen-bond donors (Lipinski definition) is 0. The monoisotopic (exact) mass is 366 g/mol. The van der Waals surface area contributed by atoms with Crippen molar-refractivity contribution < 1.29 is 19.0 Å². The summed E-state index contributed by atoms with van der Waals surface area (Å²) in [6, 6.07) is 12.2. The fraction of sp³-hybridized carbons (Fsp3) is 0.250. The van der Waals surface area contributed by atoms with Crippen LogP contribution in [0, 0.1) is 6.92 Å². The summed E-state index contributed by atoms with van der Waals surface area (Å²) in [5.41, 5.74) is 1.55. The smallest absolute Gasteiger partial charge is 0.351 e. The second kappa shape index (κ2) is 6.75. The molecule has 2 aromatic heterocycles. The van der Waals surface area contributed by atoms with Crippen LogP contribution in [0.4, 0.5) is 0 Å². The minimum absolute atomic E-state index is 0.118. The molecule has 0 saturated carbocycles. The summed E-state index contributed by atoms with van der Waals surface area (Å²) in [6.45, 7) is 3.49. The van der Waals surface area contributed by atoms with E-state index in [1.165, 1.54) is 10.5 Å². The molecular weight excluding hydrogens is 348 g/mol. The third kappa shape index (κ3) is 3.23. The number of pyridine rings is 1. The summed E-state index contributed by atoms with van der Waals surface area (Å²) in [6.07, 6.45) is 0.271. The molecule has 0 aliphatic carbocycles. The van der Waals surface area contributed by atoms with Crippen LogP contribution in [0.15, 0.2) is 53.5 Å². The molecule has 4 rings (SSSR count). The van der Waals surface area contributed by atoms with Crippen molar-refractivity contribution in [2.24, 2.45) is 0 Å². The third-order valence-corrected chi connectivity index (χ3v) is 4.38. The quantitative estimate of drug-likeness (QED) is 0.662. The van der Waals surface area contributed by atoms with Gasteiger partial charge in [-0.05, 0) is 37.6 Å². The zero-order chi connectivity index (χ0) is 19.0. The van der Waals surface area contributed by atoms with Gasteiger partial charge in [-0.25, -0.2) is 9.78 Å². The van der Waals surface area contributed by atoms with Crippen molar-refractivity contribution >= 4 is 11.6 Å². The molecule has 27 heavy (non-hydrogen) atoms. The minimum Gasteiger partial charge on any atom is -0.482 e. The van der Waals surface area contributed by atoms with Gasteiger partial charge in [0.05, 0.1) is 5.69 Å². The fourth-order valence-corrected chi connectivity index (χ4v) is 2.99. The SMILES string of the molecule is Cc1cccn2c(=O)cc(COC(=O)C3Oc4ccccc4OC3C)nc12. The van der Waals surface area contributed by atoms with Crippen LogP contribution in [0.1, 0.15) is 18.2 Å². The molecule has 0 N–H and O–H groups in total. The topological polar surface area (TPSA) is 79.1 Å². The van der Waals surface area contributed by atoms with Crippen LogP contribution >= 0.6 is 0 Å². The van der Waals surface area contributed by atoms with Crippen molar-refractivity contribution in [1.29, 1.82) is 0 Å². The van der Waals surface area contributed by atoms with Crippen LogP contribution in [0.2, 0.25) is 0 Å². The number of carbonyl (C=O) groups is 1. The maximum absolute atomic E-state index is 12.5. The summed E-state index contributed by atoms with van der Waals surface area (Å²) < 4.78 is 18.2. The lowest BCUT2D eigenvalue weighted by atomic mass is 10.2. The van der Waals surface area contributed by atoms with E-state index in [9.17, 15) is 9.59 Å². The first kappa shape index (κ1) is 17.1. The summed E-state index contributed by atoms with van der Waals surface area (Å²) >= 11 is 0. The van der Waals surface area contributed by atoms with Crippen molar-refractivity contribution in [3.8, 4) is 11.5 Å². The summed E-state index contributed by atoms with van der Waals surface area (Å²) in [7, 11) is 0. The number of para-hydroxylation sites is 2. The maximum atomic E-state index is 12.5. The van der Waals surface area contributed by atoms with E-state index in [1.807, 2.05) is 19.1 Å². The van der Waals surface area contributed by atoms with Crippen LogP contribution in [-0.4, -0.2) is 27.6 Å². The Balaban J connectivity index is 1.51. The zero-order valence-electron chi connectivity index (χ0n) is 14.9. The van der Waals surface area contributed by atoms with Crippen molar-refractivity contribution in [2.75, 3.05) is 0 Å². The van der Waals surface area contributed by atoms with E-state index >= 15 is 0 Å². The summed E-state index contributed by atoms with van der Waals surface area (Å²) in [5.74, 6) is 0.521. The number of aryl methyl sites for hydroxylation is 1. The highest BCUT2D eigenvalue weighted by molar-refractivity contribution is 5.76. The average molecular weight is 366 g/mol. The number of nitrogens with zero attached hydrogens (tertiary/aromatic N) is 2. The molecule has 3 aromatic rings. The van der Waals surface area contributed by atoms with Crippen LogP contribution in [-0.2, 0) is 16.1 Å². The highest BCUT2D eigenvalue weighted by atomic mass is 16.6. The number of rotatable bonds is 3. The second-order valence-electron chi connectivity index (χ2n) is 6.39. The Morgan fingerprint density at radius 3 is 2.70 bits per heavy atom. The minimum atomic E-state index is -0.886. The Morgan fingerprint density at radius 1 is 1.19 bits per heavy atom. The van der Waals surface area contributed by atoms with Gasteiger partial charge in [-0.1, -0.05) is 18.2 Å². The van der Waals surface area contributed by atoms with Crippen molar-refractivity contribution in [3.05, 3.63) is 70.3 Å². The third-order valence-electron chi connectivity index (χ3n) is 4.38. The Hall–Kier alpha value is -3.35. The average Bonchev–Trinajstić information content (AvgIpc) is 2.66. The molecule has 3 heterocycles. The Bertz CT molecular complexity index is 1080. The number of fused-ring (bicyclic) bond motifs is 2. The van der Waals surface area contributed by atoms with E-state index in [-0.39, 0.29) is 12.2 Å². The molecule has 2 unspecified atom stereocenters. The summed E-state index contributed by atoms with van der Waals surface area (Å²) in [5, 5.41) is 0. The molecule has 0 spiro atoms. The Kier molecular flexibility index (Phi) is 4.27. The Labute approximate surface area is 155 Å². The van der Waals surface area contributed by atoms with Gasteiger partial charge in [-0.2, -0.15) is 0 Å². The molecule has 1 aromatic carbocycles. The number of hydrogen-bond acceptors (Lipinski definition) is 6. The van der Waals surface area contributed by atoms with Crippen molar-refractivity contribution in [2.45, 2.75) is 32.7 Å². The maximum Gasteiger partial charge on any atom is 0.351 e. The van der Waals surface area contributed by atoms with Gasteiger partial charge in [0.2, 0.25) is 6.10 Å². The van der Waals surface area contributed by atoms with E-state index in [4.69, 9.17) is 14.2 Å². The van der Waals surface area contributed by atoms with Gasteiger partial charge >= 0.3 is 5.97 Å². The highest BCUT2D eigenvalue weighted by Gasteiger charge is 2.35. The van der Waals surface area contributed by atoms with Crippen molar-refractivity contribution in [1.82, 2.24) is 9.38 Å². The lowest BCUT2D eigenvalue weighted by Gasteiger charge is -2.30. The van der Waals surface area contributed by atoms with Gasteiger partial charge in [0.1, 0.15) is 18.4 Å².